The van der Waals surface area contributed by atoms with Crippen molar-refractivity contribution in [3.05, 3.63) is 59.7 Å². The van der Waals surface area contributed by atoms with Gasteiger partial charge in [-0.1, -0.05) is 50.0 Å². The van der Waals surface area contributed by atoms with Crippen LogP contribution >= 0.6 is 0 Å². The lowest BCUT2D eigenvalue weighted by molar-refractivity contribution is -0.115. The molecule has 170 valence electrons. The fraction of sp³-hybridized carbons (Fsp3) is 0.308. The Hall–Kier alpha value is -3.54. The van der Waals surface area contributed by atoms with Crippen LogP contribution in [0.5, 0.6) is 23.0 Å². The number of carbonyl (C=O) groups is 2. The van der Waals surface area contributed by atoms with Crippen molar-refractivity contribution in [1.82, 2.24) is 0 Å². The summed E-state index contributed by atoms with van der Waals surface area (Å²) in [7, 11) is 0. The maximum Gasteiger partial charge on any atom is 0.157 e. The van der Waals surface area contributed by atoms with Crippen LogP contribution in [-0.4, -0.2) is 32.0 Å². The predicted octanol–water partition coefficient (Wildman–Crippen LogP) is 5.49. The largest absolute Gasteiger partial charge is 0.504 e. The van der Waals surface area contributed by atoms with Gasteiger partial charge in [-0.25, -0.2) is 0 Å². The first-order chi connectivity index (χ1) is 15.3. The lowest BCUT2D eigenvalue weighted by Crippen LogP contribution is -1.93. The minimum absolute atomic E-state index is 0.0249. The number of aromatic hydroxyl groups is 4. The summed E-state index contributed by atoms with van der Waals surface area (Å²) in [4.78, 5) is 23.8. The van der Waals surface area contributed by atoms with Crippen LogP contribution in [0.4, 0.5) is 0 Å². The zero-order chi connectivity index (χ0) is 23.3. The number of benzene rings is 2. The Balaban J connectivity index is 1.52. The fourth-order valence-corrected chi connectivity index (χ4v) is 3.14. The van der Waals surface area contributed by atoms with E-state index < -0.39 is 0 Å². The van der Waals surface area contributed by atoms with Gasteiger partial charge in [0.15, 0.2) is 34.6 Å². The minimum atomic E-state index is -0.213. The van der Waals surface area contributed by atoms with Gasteiger partial charge in [-0.05, 0) is 60.4 Å². The SMILES string of the molecule is O=C(C=Cc1ccc(O)c(O)c1)CCCCCCCCC(=O)C=Cc1ccc(O)c(O)c1. The van der Waals surface area contributed by atoms with Crippen molar-refractivity contribution in [2.24, 2.45) is 0 Å². The molecule has 0 unspecified atom stereocenters. The molecule has 2 aromatic carbocycles. The molecule has 0 aliphatic heterocycles. The number of ketones is 2. The van der Waals surface area contributed by atoms with E-state index in [2.05, 4.69) is 0 Å². The maximum absolute atomic E-state index is 11.9. The number of phenolic OH excluding ortho intramolecular Hbond substituents is 4. The first-order valence-corrected chi connectivity index (χ1v) is 10.8. The van der Waals surface area contributed by atoms with Crippen LogP contribution in [0.2, 0.25) is 0 Å². The highest BCUT2D eigenvalue weighted by molar-refractivity contribution is 5.94. The van der Waals surface area contributed by atoms with E-state index in [-0.39, 0.29) is 34.6 Å². The lowest BCUT2D eigenvalue weighted by Gasteiger charge is -2.01. The first-order valence-electron chi connectivity index (χ1n) is 10.8. The molecule has 0 aromatic heterocycles. The number of carbonyl (C=O) groups excluding carboxylic acids is 2. The van der Waals surface area contributed by atoms with E-state index in [0.29, 0.717) is 24.0 Å². The molecule has 0 heterocycles. The van der Waals surface area contributed by atoms with Gasteiger partial charge >= 0.3 is 0 Å². The van der Waals surface area contributed by atoms with Crippen molar-refractivity contribution in [3.8, 4) is 23.0 Å². The summed E-state index contributed by atoms with van der Waals surface area (Å²) in [5.74, 6) is -0.757. The van der Waals surface area contributed by atoms with Crippen LogP contribution in [-0.2, 0) is 9.59 Å². The van der Waals surface area contributed by atoms with E-state index in [9.17, 15) is 30.0 Å². The Kier molecular flexibility index (Phi) is 10.0. The Morgan fingerprint density at radius 2 is 0.938 bits per heavy atom. The van der Waals surface area contributed by atoms with Gasteiger partial charge in [0.1, 0.15) is 0 Å². The lowest BCUT2D eigenvalue weighted by atomic mass is 10.0. The molecule has 4 N–H and O–H groups in total. The fourth-order valence-electron chi connectivity index (χ4n) is 3.14. The van der Waals surface area contributed by atoms with Crippen molar-refractivity contribution >= 4 is 23.7 Å². The number of rotatable bonds is 13. The topological polar surface area (TPSA) is 115 Å². The van der Waals surface area contributed by atoms with Crippen LogP contribution in [0.1, 0.15) is 62.5 Å². The summed E-state index contributed by atoms with van der Waals surface area (Å²) in [5, 5.41) is 37.4. The predicted molar refractivity (Wildman–Crippen MR) is 125 cm³/mol. The van der Waals surface area contributed by atoms with Gasteiger partial charge in [-0.15, -0.1) is 0 Å². The van der Waals surface area contributed by atoms with Crippen LogP contribution in [0.25, 0.3) is 12.2 Å². The van der Waals surface area contributed by atoms with Crippen LogP contribution in [0, 0.1) is 0 Å². The number of phenols is 4. The number of hydrogen-bond acceptors (Lipinski definition) is 6. The third-order valence-electron chi connectivity index (χ3n) is 5.02. The quantitative estimate of drug-likeness (QED) is 0.187. The van der Waals surface area contributed by atoms with E-state index in [1.807, 2.05) is 0 Å². The highest BCUT2D eigenvalue weighted by Gasteiger charge is 2.02. The van der Waals surface area contributed by atoms with E-state index >= 15 is 0 Å². The van der Waals surface area contributed by atoms with Gasteiger partial charge < -0.3 is 20.4 Å². The molecule has 0 saturated heterocycles. The minimum Gasteiger partial charge on any atom is -0.504 e. The monoisotopic (exact) mass is 438 g/mol. The smallest absolute Gasteiger partial charge is 0.157 e. The molecule has 0 bridgehead atoms. The van der Waals surface area contributed by atoms with Gasteiger partial charge in [0.2, 0.25) is 0 Å². The molecule has 6 nitrogen and oxygen atoms in total. The van der Waals surface area contributed by atoms with Crippen molar-refractivity contribution in [2.75, 3.05) is 0 Å². The Morgan fingerprint density at radius 3 is 1.31 bits per heavy atom. The van der Waals surface area contributed by atoms with Crippen LogP contribution < -0.4 is 0 Å². The molecule has 0 saturated carbocycles. The molecule has 6 heteroatoms. The number of hydrogen-bond donors (Lipinski definition) is 4. The highest BCUT2D eigenvalue weighted by Crippen LogP contribution is 2.26. The molecule has 0 aliphatic rings. The maximum atomic E-state index is 11.9. The van der Waals surface area contributed by atoms with Gasteiger partial charge in [0.25, 0.3) is 0 Å². The van der Waals surface area contributed by atoms with Gasteiger partial charge in [-0.2, -0.15) is 0 Å². The van der Waals surface area contributed by atoms with E-state index in [4.69, 9.17) is 0 Å². The summed E-state index contributed by atoms with van der Waals surface area (Å²) < 4.78 is 0. The van der Waals surface area contributed by atoms with E-state index in [0.717, 1.165) is 38.5 Å². The van der Waals surface area contributed by atoms with Gasteiger partial charge in [-0.3, -0.25) is 9.59 Å². The normalized spacial score (nSPS) is 11.4. The number of allylic oxidation sites excluding steroid dienone is 2. The highest BCUT2D eigenvalue weighted by atomic mass is 16.3. The van der Waals surface area contributed by atoms with Gasteiger partial charge in [0, 0.05) is 12.8 Å². The Labute approximate surface area is 188 Å². The van der Waals surface area contributed by atoms with E-state index in [1.54, 1.807) is 24.3 Å². The summed E-state index contributed by atoms with van der Waals surface area (Å²) in [5.41, 5.74) is 1.30. The third-order valence-corrected chi connectivity index (χ3v) is 5.02. The average Bonchev–Trinajstić information content (AvgIpc) is 2.77. The molecule has 0 spiro atoms. The molecular formula is C26H30O6. The van der Waals surface area contributed by atoms with Gasteiger partial charge in [0.05, 0.1) is 0 Å². The van der Waals surface area contributed by atoms with Crippen LogP contribution in [0.15, 0.2) is 48.6 Å². The van der Waals surface area contributed by atoms with Crippen molar-refractivity contribution in [1.29, 1.82) is 0 Å². The molecule has 32 heavy (non-hydrogen) atoms. The standard InChI is InChI=1S/C26H30O6/c27-21(13-9-19-11-15-23(29)25(31)17-19)7-5-3-1-2-4-6-8-22(28)14-10-20-12-16-24(30)26(32)18-20/h9-18,29-32H,1-8H2. The zero-order valence-corrected chi connectivity index (χ0v) is 18.0. The number of unbranched alkanes of at least 4 members (excludes halogenated alkanes) is 5. The van der Waals surface area contributed by atoms with Crippen molar-refractivity contribution in [3.63, 3.8) is 0 Å². The Bertz CT molecular complexity index is 895. The molecule has 2 rings (SSSR count). The molecular weight excluding hydrogens is 408 g/mol. The third kappa shape index (κ3) is 9.08. The first kappa shape index (κ1) is 24.7. The summed E-state index contributed by atoms with van der Waals surface area (Å²) >= 11 is 0. The second-order valence-corrected chi connectivity index (χ2v) is 7.72. The molecule has 0 radical (unpaired) electrons. The molecule has 0 fully saturated rings. The molecule has 2 aromatic rings. The molecule has 0 atom stereocenters. The summed E-state index contributed by atoms with van der Waals surface area (Å²) in [6.07, 6.45) is 12.7. The second-order valence-electron chi connectivity index (χ2n) is 7.72. The van der Waals surface area contributed by atoms with Crippen molar-refractivity contribution in [2.45, 2.75) is 51.4 Å². The zero-order valence-electron chi connectivity index (χ0n) is 18.0. The molecule has 0 amide bonds. The summed E-state index contributed by atoms with van der Waals surface area (Å²) in [6.45, 7) is 0. The second kappa shape index (κ2) is 13.0. The Morgan fingerprint density at radius 1 is 0.562 bits per heavy atom. The summed E-state index contributed by atoms with van der Waals surface area (Å²) in [6, 6.07) is 8.81. The van der Waals surface area contributed by atoms with Crippen LogP contribution in [0.3, 0.4) is 0 Å². The van der Waals surface area contributed by atoms with Crippen molar-refractivity contribution < 1.29 is 30.0 Å². The molecule has 0 aliphatic carbocycles. The average molecular weight is 439 g/mol. The van der Waals surface area contributed by atoms with E-state index in [1.165, 1.54) is 36.4 Å².